The summed E-state index contributed by atoms with van der Waals surface area (Å²) in [6, 6.07) is 0. The lowest BCUT2D eigenvalue weighted by Crippen LogP contribution is -2.55. The molecule has 2 fully saturated rings. The van der Waals surface area contributed by atoms with Crippen LogP contribution in [0.15, 0.2) is 12.2 Å². The van der Waals surface area contributed by atoms with Crippen LogP contribution in [0.5, 0.6) is 0 Å². The number of halogens is 1. The monoisotopic (exact) mass is 204 g/mol. The first-order valence-corrected chi connectivity index (χ1v) is 6.24. The van der Waals surface area contributed by atoms with E-state index in [4.69, 9.17) is 11.6 Å². The molecule has 0 N–H and O–H groups in total. The largest absolute Gasteiger partial charge is 0.227 e. The van der Waals surface area contributed by atoms with Crippen molar-refractivity contribution in [1.29, 1.82) is 0 Å². The number of alkyl halides is 1. The number of allylic oxidation sites excluding steroid dienone is 2. The van der Waals surface area contributed by atoms with Crippen LogP contribution in [0.2, 0.25) is 0 Å². The summed E-state index contributed by atoms with van der Waals surface area (Å²) in [7, 11) is -3.01. The maximum atomic E-state index is 11.5. The van der Waals surface area contributed by atoms with Gasteiger partial charge < -0.3 is 0 Å². The zero-order chi connectivity index (χ0) is 8.61. The molecule has 1 heterocycles. The van der Waals surface area contributed by atoms with Crippen molar-refractivity contribution in [3.05, 3.63) is 12.2 Å². The van der Waals surface area contributed by atoms with Gasteiger partial charge in [-0.05, 0) is 12.8 Å². The second-order valence-corrected chi connectivity index (χ2v) is 6.93. The van der Waals surface area contributed by atoms with Crippen LogP contribution >= 0.6 is 11.6 Å². The first-order valence-electron chi connectivity index (χ1n) is 4.09. The van der Waals surface area contributed by atoms with Gasteiger partial charge in [-0.25, -0.2) is 8.42 Å². The third kappa shape index (κ3) is 0.479. The Labute approximate surface area is 76.5 Å². The van der Waals surface area contributed by atoms with Gasteiger partial charge in [0.05, 0.1) is 5.75 Å². The lowest BCUT2D eigenvalue weighted by molar-refractivity contribution is 0.0214. The molecule has 3 rings (SSSR count). The van der Waals surface area contributed by atoms with Gasteiger partial charge in [0.25, 0.3) is 0 Å². The van der Waals surface area contributed by atoms with Crippen LogP contribution < -0.4 is 0 Å². The molecule has 0 aromatic heterocycles. The van der Waals surface area contributed by atoms with Crippen LogP contribution in [0.4, 0.5) is 0 Å². The maximum absolute atomic E-state index is 11.5. The molecule has 4 heteroatoms. The number of sulfone groups is 1. The summed E-state index contributed by atoms with van der Waals surface area (Å²) in [4.78, 5) is 0. The number of hydrogen-bond acceptors (Lipinski definition) is 2. The second kappa shape index (κ2) is 1.62. The molecule has 12 heavy (non-hydrogen) atoms. The fourth-order valence-corrected chi connectivity index (χ4v) is 5.89. The third-order valence-electron chi connectivity index (χ3n) is 3.79. The highest BCUT2D eigenvalue weighted by Gasteiger charge is 2.73. The molecule has 0 amide bonds. The molecular formula is C8H9ClO2S. The normalized spacial score (nSPS) is 58.2. The predicted molar refractivity (Wildman–Crippen MR) is 46.7 cm³/mol. The minimum atomic E-state index is -3.01. The van der Waals surface area contributed by atoms with Gasteiger partial charge in [0, 0.05) is 10.8 Å². The fourth-order valence-electron chi connectivity index (χ4n) is 2.86. The van der Waals surface area contributed by atoms with Gasteiger partial charge in [0.1, 0.15) is 4.71 Å². The van der Waals surface area contributed by atoms with Crippen molar-refractivity contribution < 1.29 is 8.42 Å². The van der Waals surface area contributed by atoms with Crippen LogP contribution in [-0.2, 0) is 9.84 Å². The summed E-state index contributed by atoms with van der Waals surface area (Å²) < 4.78 is 22.4. The van der Waals surface area contributed by atoms with Crippen LogP contribution in [0.1, 0.15) is 12.8 Å². The molecule has 1 aliphatic heterocycles. The smallest absolute Gasteiger partial charge is 0.168 e. The van der Waals surface area contributed by atoms with E-state index in [1.165, 1.54) is 0 Å². The van der Waals surface area contributed by atoms with Gasteiger partial charge in [-0.15, -0.1) is 11.6 Å². The molecule has 3 unspecified atom stereocenters. The number of rotatable bonds is 0. The summed E-state index contributed by atoms with van der Waals surface area (Å²) in [5.74, 6) is 0.282. The average molecular weight is 205 g/mol. The highest BCUT2D eigenvalue weighted by Crippen LogP contribution is 2.73. The predicted octanol–water partition coefficient (Wildman–Crippen LogP) is 1.32. The lowest BCUT2D eigenvalue weighted by Gasteiger charge is -2.58. The Bertz CT molecular complexity index is 386. The summed E-state index contributed by atoms with van der Waals surface area (Å²) in [6.45, 7) is 0. The Balaban J connectivity index is 2.22. The summed E-state index contributed by atoms with van der Waals surface area (Å²) in [5, 5.41) is 0. The van der Waals surface area contributed by atoms with Gasteiger partial charge in [0.15, 0.2) is 9.84 Å². The fraction of sp³-hybridized carbons (Fsp3) is 0.750. The Morgan fingerprint density at radius 3 is 2.25 bits per heavy atom. The Morgan fingerprint density at radius 1 is 1.33 bits per heavy atom. The van der Waals surface area contributed by atoms with Crippen LogP contribution in [0.3, 0.4) is 0 Å². The van der Waals surface area contributed by atoms with E-state index in [0.29, 0.717) is 0 Å². The Morgan fingerprint density at radius 2 is 2.08 bits per heavy atom. The summed E-state index contributed by atoms with van der Waals surface area (Å²) in [6.07, 6.45) is 6.00. The summed E-state index contributed by atoms with van der Waals surface area (Å²) in [5.41, 5.74) is -0.203. The van der Waals surface area contributed by atoms with E-state index < -0.39 is 14.5 Å². The standard InChI is InChI=1S/C8H9ClO2S/c9-6-8-3-1-7(8,2-4-8)5-12(6,10)11/h1,3,6H,2,4-5H2. The molecular weight excluding hydrogens is 196 g/mol. The van der Waals surface area contributed by atoms with Gasteiger partial charge >= 0.3 is 0 Å². The molecule has 1 saturated carbocycles. The van der Waals surface area contributed by atoms with Crippen molar-refractivity contribution in [3.63, 3.8) is 0 Å². The molecule has 0 aromatic carbocycles. The lowest BCUT2D eigenvalue weighted by atomic mass is 9.44. The zero-order valence-electron chi connectivity index (χ0n) is 6.46. The first kappa shape index (κ1) is 7.39. The maximum Gasteiger partial charge on any atom is 0.168 e. The highest BCUT2D eigenvalue weighted by atomic mass is 35.5. The molecule has 66 valence electrons. The molecule has 2 nitrogen and oxygen atoms in total. The Hall–Kier alpha value is -0.0200. The van der Waals surface area contributed by atoms with E-state index >= 15 is 0 Å². The van der Waals surface area contributed by atoms with Gasteiger partial charge in [-0.3, -0.25) is 0 Å². The van der Waals surface area contributed by atoms with Gasteiger partial charge in [0.2, 0.25) is 0 Å². The van der Waals surface area contributed by atoms with Crippen molar-refractivity contribution >= 4 is 21.4 Å². The van der Waals surface area contributed by atoms with E-state index in [1.807, 2.05) is 12.2 Å². The average Bonchev–Trinajstić information content (AvgIpc) is 2.10. The Kier molecular flexibility index (Phi) is 0.998. The van der Waals surface area contributed by atoms with Crippen LogP contribution in [0.25, 0.3) is 0 Å². The first-order chi connectivity index (χ1) is 5.53. The van der Waals surface area contributed by atoms with E-state index in [9.17, 15) is 8.42 Å². The van der Waals surface area contributed by atoms with Crippen molar-refractivity contribution in [3.8, 4) is 0 Å². The molecule has 0 radical (unpaired) electrons. The molecule has 2 aliphatic carbocycles. The quantitative estimate of drug-likeness (QED) is 0.441. The van der Waals surface area contributed by atoms with Gasteiger partial charge in [-0.2, -0.15) is 0 Å². The van der Waals surface area contributed by atoms with Crippen LogP contribution in [-0.4, -0.2) is 18.9 Å². The van der Waals surface area contributed by atoms with Crippen LogP contribution in [0, 0.1) is 10.8 Å². The molecule has 3 atom stereocenters. The van der Waals surface area contributed by atoms with E-state index in [1.54, 1.807) is 0 Å². The van der Waals surface area contributed by atoms with Crippen molar-refractivity contribution in [2.75, 3.05) is 5.75 Å². The van der Waals surface area contributed by atoms with E-state index in [-0.39, 0.29) is 16.6 Å². The molecule has 1 saturated heterocycles. The molecule has 0 bridgehead atoms. The van der Waals surface area contributed by atoms with Crippen molar-refractivity contribution in [2.24, 2.45) is 10.8 Å². The molecule has 0 spiro atoms. The van der Waals surface area contributed by atoms with Crippen molar-refractivity contribution in [2.45, 2.75) is 17.6 Å². The van der Waals surface area contributed by atoms with Crippen molar-refractivity contribution in [1.82, 2.24) is 0 Å². The van der Waals surface area contributed by atoms with E-state index in [2.05, 4.69) is 0 Å². The number of hydrogen-bond donors (Lipinski definition) is 0. The van der Waals surface area contributed by atoms with Gasteiger partial charge in [-0.1, -0.05) is 12.2 Å². The molecule has 0 aromatic rings. The second-order valence-electron chi connectivity index (χ2n) is 4.15. The van der Waals surface area contributed by atoms with E-state index in [0.717, 1.165) is 12.8 Å². The topological polar surface area (TPSA) is 34.1 Å². The summed E-state index contributed by atoms with van der Waals surface area (Å²) >= 11 is 5.94. The minimum absolute atomic E-state index is 0.0434. The zero-order valence-corrected chi connectivity index (χ0v) is 8.03. The third-order valence-corrected chi connectivity index (χ3v) is 6.96. The SMILES string of the molecule is O=S1(=O)CC23C=CC2(CC3)C1Cl. The highest BCUT2D eigenvalue weighted by molar-refractivity contribution is 7.93. The minimum Gasteiger partial charge on any atom is -0.227 e. The molecule has 3 aliphatic rings.